The van der Waals surface area contributed by atoms with Crippen LogP contribution in [0.2, 0.25) is 0 Å². The van der Waals surface area contributed by atoms with Crippen LogP contribution in [0.25, 0.3) is 0 Å². The van der Waals surface area contributed by atoms with E-state index in [0.717, 1.165) is 0 Å². The molecule has 1 heterocycles. The molecular formula is C10H13BrN2O3. The first-order chi connectivity index (χ1) is 7.54. The van der Waals surface area contributed by atoms with Gasteiger partial charge in [0.2, 0.25) is 0 Å². The summed E-state index contributed by atoms with van der Waals surface area (Å²) >= 11 is 3.13. The molecule has 0 fully saturated rings. The Kier molecular flexibility index (Phi) is 4.54. The van der Waals surface area contributed by atoms with Gasteiger partial charge in [0.05, 0.1) is 11.6 Å². The van der Waals surface area contributed by atoms with Gasteiger partial charge in [-0.2, -0.15) is 0 Å². The largest absolute Gasteiger partial charge is 0.469 e. The Balaban J connectivity index is 2.67. The molecule has 16 heavy (non-hydrogen) atoms. The zero-order valence-corrected chi connectivity index (χ0v) is 10.5. The fourth-order valence-corrected chi connectivity index (χ4v) is 1.78. The number of pyridine rings is 1. The van der Waals surface area contributed by atoms with Crippen molar-refractivity contribution in [3.05, 3.63) is 27.1 Å². The van der Waals surface area contributed by atoms with Crippen LogP contribution in [0.4, 0.5) is 5.69 Å². The quantitative estimate of drug-likeness (QED) is 0.844. The number of nitrogens with zero attached hydrogens (tertiary/aromatic N) is 1. The minimum atomic E-state index is -0.281. The number of halogens is 1. The maximum absolute atomic E-state index is 11.6. The second-order valence-electron chi connectivity index (χ2n) is 3.30. The van der Waals surface area contributed by atoms with E-state index in [9.17, 15) is 9.59 Å². The Bertz CT molecular complexity index is 442. The van der Waals surface area contributed by atoms with Gasteiger partial charge < -0.3 is 15.0 Å². The molecule has 0 amide bonds. The molecule has 0 aliphatic carbocycles. The van der Waals surface area contributed by atoms with Gasteiger partial charge in [-0.05, 0) is 28.4 Å². The number of carbonyl (C=O) groups is 1. The van der Waals surface area contributed by atoms with E-state index >= 15 is 0 Å². The number of nitrogens with two attached hydrogens (primary N) is 1. The average Bonchev–Trinajstić information content (AvgIpc) is 2.24. The smallest absolute Gasteiger partial charge is 0.305 e. The molecule has 0 saturated heterocycles. The van der Waals surface area contributed by atoms with E-state index in [4.69, 9.17) is 5.73 Å². The van der Waals surface area contributed by atoms with Crippen molar-refractivity contribution in [1.29, 1.82) is 0 Å². The van der Waals surface area contributed by atoms with E-state index < -0.39 is 0 Å². The molecule has 0 atom stereocenters. The van der Waals surface area contributed by atoms with Crippen LogP contribution in [0.3, 0.4) is 0 Å². The summed E-state index contributed by atoms with van der Waals surface area (Å²) in [6.45, 7) is 0.442. The third-order valence-corrected chi connectivity index (χ3v) is 2.64. The Morgan fingerprint density at radius 2 is 2.31 bits per heavy atom. The van der Waals surface area contributed by atoms with Gasteiger partial charge in [-0.1, -0.05) is 0 Å². The van der Waals surface area contributed by atoms with Crippen LogP contribution in [0.15, 0.2) is 21.5 Å². The molecular weight excluding hydrogens is 276 g/mol. The molecule has 0 unspecified atom stereocenters. The molecule has 88 valence electrons. The molecule has 0 spiro atoms. The number of esters is 1. The maximum Gasteiger partial charge on any atom is 0.305 e. The lowest BCUT2D eigenvalue weighted by molar-refractivity contribution is -0.140. The fourth-order valence-electron chi connectivity index (χ4n) is 1.28. The Hall–Kier alpha value is -1.30. The topological polar surface area (TPSA) is 74.3 Å². The number of nitrogen functional groups attached to an aromatic ring is 1. The molecule has 0 bridgehead atoms. The van der Waals surface area contributed by atoms with Crippen molar-refractivity contribution in [2.75, 3.05) is 12.8 Å². The first kappa shape index (κ1) is 12.8. The summed E-state index contributed by atoms with van der Waals surface area (Å²) in [4.78, 5) is 22.5. The van der Waals surface area contributed by atoms with Crippen LogP contribution in [-0.4, -0.2) is 17.6 Å². The highest BCUT2D eigenvalue weighted by molar-refractivity contribution is 9.10. The second-order valence-corrected chi connectivity index (χ2v) is 4.15. The summed E-state index contributed by atoms with van der Waals surface area (Å²) in [6, 6.07) is 1.55. The predicted molar refractivity (Wildman–Crippen MR) is 64.1 cm³/mol. The van der Waals surface area contributed by atoms with Gasteiger partial charge in [0, 0.05) is 24.8 Å². The number of hydrogen-bond acceptors (Lipinski definition) is 4. The van der Waals surface area contributed by atoms with Gasteiger partial charge in [-0.25, -0.2) is 0 Å². The predicted octanol–water partition coefficient (Wildman–Crippen LogP) is 1.15. The standard InChI is InChI=1S/C10H13BrN2O3/c1-16-9(14)3-2-4-13-6-7(12)5-8(11)10(13)15/h5-6H,2-4,12H2,1H3. The van der Waals surface area contributed by atoms with E-state index in [1.807, 2.05) is 0 Å². The molecule has 2 N–H and O–H groups in total. The van der Waals surface area contributed by atoms with Crippen LogP contribution < -0.4 is 11.3 Å². The van der Waals surface area contributed by atoms with Gasteiger partial charge in [0.1, 0.15) is 0 Å². The SMILES string of the molecule is COC(=O)CCCn1cc(N)cc(Br)c1=O. The number of carbonyl (C=O) groups excluding carboxylic acids is 1. The Morgan fingerprint density at radius 1 is 1.62 bits per heavy atom. The lowest BCUT2D eigenvalue weighted by Crippen LogP contribution is -2.21. The third-order valence-electron chi connectivity index (χ3n) is 2.07. The first-order valence-corrected chi connectivity index (χ1v) is 5.56. The van der Waals surface area contributed by atoms with Gasteiger partial charge >= 0.3 is 5.97 Å². The zero-order valence-electron chi connectivity index (χ0n) is 8.90. The first-order valence-electron chi connectivity index (χ1n) is 4.77. The van der Waals surface area contributed by atoms with Gasteiger partial charge in [-0.3, -0.25) is 9.59 Å². The van der Waals surface area contributed by atoms with Crippen molar-refractivity contribution >= 4 is 27.6 Å². The number of rotatable bonds is 4. The average molecular weight is 289 g/mol. The highest BCUT2D eigenvalue weighted by atomic mass is 79.9. The number of anilines is 1. The Morgan fingerprint density at radius 3 is 2.94 bits per heavy atom. The molecule has 0 saturated carbocycles. The van der Waals surface area contributed by atoms with Crippen LogP contribution >= 0.6 is 15.9 Å². The van der Waals surface area contributed by atoms with Crippen LogP contribution in [0, 0.1) is 0 Å². The van der Waals surface area contributed by atoms with E-state index in [-0.39, 0.29) is 17.9 Å². The van der Waals surface area contributed by atoms with Crippen molar-refractivity contribution < 1.29 is 9.53 Å². The van der Waals surface area contributed by atoms with E-state index in [1.165, 1.54) is 11.7 Å². The summed E-state index contributed by atoms with van der Waals surface area (Å²) in [6.07, 6.45) is 2.39. The van der Waals surface area contributed by atoms with Gasteiger partial charge in [-0.15, -0.1) is 0 Å². The maximum atomic E-state index is 11.6. The number of ether oxygens (including phenoxy) is 1. The van der Waals surface area contributed by atoms with Crippen LogP contribution in [0.5, 0.6) is 0 Å². The summed E-state index contributed by atoms with van der Waals surface area (Å²) in [5.41, 5.74) is 5.96. The lowest BCUT2D eigenvalue weighted by atomic mass is 10.3. The third kappa shape index (κ3) is 3.37. The molecule has 5 nitrogen and oxygen atoms in total. The summed E-state index contributed by atoms with van der Waals surface area (Å²) in [5.74, 6) is -0.281. The molecule has 1 aromatic rings. The van der Waals surface area contributed by atoms with Crippen LogP contribution in [-0.2, 0) is 16.1 Å². The number of hydrogen-bond donors (Lipinski definition) is 1. The monoisotopic (exact) mass is 288 g/mol. The lowest BCUT2D eigenvalue weighted by Gasteiger charge is -2.06. The molecule has 0 radical (unpaired) electrons. The van der Waals surface area contributed by atoms with Crippen molar-refractivity contribution in [2.24, 2.45) is 0 Å². The zero-order chi connectivity index (χ0) is 12.1. The van der Waals surface area contributed by atoms with E-state index in [1.54, 1.807) is 12.3 Å². The van der Waals surface area contributed by atoms with Crippen LogP contribution in [0.1, 0.15) is 12.8 Å². The number of aromatic nitrogens is 1. The van der Waals surface area contributed by atoms with Gasteiger partial charge in [0.15, 0.2) is 0 Å². The normalized spacial score (nSPS) is 10.1. The number of aryl methyl sites for hydroxylation is 1. The molecule has 0 aliphatic heterocycles. The van der Waals surface area contributed by atoms with E-state index in [2.05, 4.69) is 20.7 Å². The molecule has 1 aromatic heterocycles. The molecule has 1 rings (SSSR count). The Labute approximate surface area is 101 Å². The molecule has 0 aromatic carbocycles. The minimum Gasteiger partial charge on any atom is -0.469 e. The van der Waals surface area contributed by atoms with Crippen molar-refractivity contribution in [1.82, 2.24) is 4.57 Å². The highest BCUT2D eigenvalue weighted by Crippen LogP contribution is 2.08. The molecule has 0 aliphatic rings. The fraction of sp³-hybridized carbons (Fsp3) is 0.400. The van der Waals surface area contributed by atoms with Gasteiger partial charge in [0.25, 0.3) is 5.56 Å². The molecule has 6 heteroatoms. The number of methoxy groups -OCH3 is 1. The summed E-state index contributed by atoms with van der Waals surface area (Å²) < 4.78 is 6.40. The van der Waals surface area contributed by atoms with Crippen molar-refractivity contribution in [3.8, 4) is 0 Å². The van der Waals surface area contributed by atoms with Crippen molar-refractivity contribution in [3.63, 3.8) is 0 Å². The minimum absolute atomic E-state index is 0.154. The summed E-state index contributed by atoms with van der Waals surface area (Å²) in [7, 11) is 1.34. The highest BCUT2D eigenvalue weighted by Gasteiger charge is 2.04. The summed E-state index contributed by atoms with van der Waals surface area (Å²) in [5, 5.41) is 0. The second kappa shape index (κ2) is 5.69. The van der Waals surface area contributed by atoms with E-state index in [0.29, 0.717) is 23.1 Å². The van der Waals surface area contributed by atoms with Crippen molar-refractivity contribution in [2.45, 2.75) is 19.4 Å².